The number of carbonyl (C=O) groups is 1. The number of aromatic amines is 1. The first-order chi connectivity index (χ1) is 12.6. The van der Waals surface area contributed by atoms with Gasteiger partial charge >= 0.3 is 6.03 Å². The van der Waals surface area contributed by atoms with Crippen LogP contribution < -0.4 is 5.32 Å². The van der Waals surface area contributed by atoms with E-state index in [1.54, 1.807) is 17.3 Å². The molecule has 0 spiro atoms. The van der Waals surface area contributed by atoms with E-state index in [1.165, 1.54) is 0 Å². The molecule has 1 saturated heterocycles. The third-order valence-corrected chi connectivity index (χ3v) is 5.09. The number of hydrogen-bond acceptors (Lipinski definition) is 4. The van der Waals surface area contributed by atoms with Gasteiger partial charge in [-0.05, 0) is 37.0 Å². The Bertz CT molecular complexity index is 909. The van der Waals surface area contributed by atoms with Crippen LogP contribution in [0.5, 0.6) is 0 Å². The number of amides is 2. The number of urea groups is 1. The number of aryl methyl sites for hydroxylation is 1. The molecule has 0 saturated carbocycles. The molecule has 8 heteroatoms. The number of benzene rings is 1. The summed E-state index contributed by atoms with van der Waals surface area (Å²) in [6, 6.07) is 5.54. The molecule has 136 valence electrons. The smallest absolute Gasteiger partial charge is 0.321 e. The van der Waals surface area contributed by atoms with Gasteiger partial charge in [0.25, 0.3) is 0 Å². The zero-order valence-electron chi connectivity index (χ0n) is 14.6. The molecule has 1 atom stereocenters. The molecule has 3 heterocycles. The minimum atomic E-state index is -0.594. The van der Waals surface area contributed by atoms with Gasteiger partial charge in [-0.1, -0.05) is 0 Å². The van der Waals surface area contributed by atoms with Gasteiger partial charge in [0.1, 0.15) is 11.9 Å². The normalized spacial score (nSPS) is 16.8. The molecule has 2 amide bonds. The lowest BCUT2D eigenvalue weighted by Gasteiger charge is -2.34. The molecule has 26 heavy (non-hydrogen) atoms. The van der Waals surface area contributed by atoms with E-state index in [-0.39, 0.29) is 11.9 Å². The summed E-state index contributed by atoms with van der Waals surface area (Å²) >= 11 is 0. The Hall–Kier alpha value is -2.87. The number of anilines is 1. The van der Waals surface area contributed by atoms with Crippen LogP contribution in [0.25, 0.3) is 10.9 Å². The number of nitrogens with one attached hydrogen (secondary N) is 2. The number of nitrogens with zero attached hydrogens (tertiary/aromatic N) is 4. The minimum Gasteiger partial charge on any atom is -0.385 e. The SMILES string of the molecule is Cn1ccnc1C(O)C1CCN(C(=O)Nc2ccc3cn[nH]c3c2)CC1. The van der Waals surface area contributed by atoms with Crippen LogP contribution in [0.15, 0.2) is 36.8 Å². The number of carbonyl (C=O) groups excluding carboxylic acids is 1. The van der Waals surface area contributed by atoms with Crippen LogP contribution in [0.1, 0.15) is 24.8 Å². The molecule has 1 aliphatic heterocycles. The van der Waals surface area contributed by atoms with Crippen molar-refractivity contribution >= 4 is 22.6 Å². The fourth-order valence-electron chi connectivity index (χ4n) is 3.51. The van der Waals surface area contributed by atoms with Crippen molar-refractivity contribution < 1.29 is 9.90 Å². The molecule has 4 rings (SSSR count). The lowest BCUT2D eigenvalue weighted by molar-refractivity contribution is 0.0600. The van der Waals surface area contributed by atoms with Crippen LogP contribution in [0.4, 0.5) is 10.5 Å². The lowest BCUT2D eigenvalue weighted by atomic mass is 9.91. The predicted octanol–water partition coefficient (Wildman–Crippen LogP) is 2.27. The van der Waals surface area contributed by atoms with Gasteiger partial charge in [-0.3, -0.25) is 5.10 Å². The fourth-order valence-corrected chi connectivity index (χ4v) is 3.51. The monoisotopic (exact) mass is 354 g/mol. The molecule has 0 aliphatic carbocycles. The summed E-state index contributed by atoms with van der Waals surface area (Å²) in [6.07, 6.45) is 6.18. The number of H-pyrrole nitrogens is 1. The van der Waals surface area contributed by atoms with Crippen molar-refractivity contribution in [1.82, 2.24) is 24.6 Å². The summed E-state index contributed by atoms with van der Waals surface area (Å²) in [5, 5.41) is 21.4. The van der Waals surface area contributed by atoms with Crippen molar-refractivity contribution in [3.8, 4) is 0 Å². The van der Waals surface area contributed by atoms with Gasteiger partial charge in [0.2, 0.25) is 0 Å². The van der Waals surface area contributed by atoms with Gasteiger partial charge in [-0.2, -0.15) is 5.10 Å². The maximum atomic E-state index is 12.5. The summed E-state index contributed by atoms with van der Waals surface area (Å²) in [5.41, 5.74) is 1.63. The van der Waals surface area contributed by atoms with Crippen molar-refractivity contribution in [1.29, 1.82) is 0 Å². The first-order valence-electron chi connectivity index (χ1n) is 8.76. The topological polar surface area (TPSA) is 99.1 Å². The van der Waals surface area contributed by atoms with Crippen molar-refractivity contribution in [2.45, 2.75) is 18.9 Å². The molecule has 3 N–H and O–H groups in total. The van der Waals surface area contributed by atoms with Crippen molar-refractivity contribution in [3.05, 3.63) is 42.6 Å². The Labute approximate surface area is 150 Å². The van der Waals surface area contributed by atoms with Crippen LogP contribution in [0.3, 0.4) is 0 Å². The minimum absolute atomic E-state index is 0.112. The average Bonchev–Trinajstić information content (AvgIpc) is 3.29. The highest BCUT2D eigenvalue weighted by molar-refractivity contribution is 5.92. The predicted molar refractivity (Wildman–Crippen MR) is 97.6 cm³/mol. The third-order valence-electron chi connectivity index (χ3n) is 5.09. The lowest BCUT2D eigenvalue weighted by Crippen LogP contribution is -2.42. The van der Waals surface area contributed by atoms with Crippen molar-refractivity contribution in [3.63, 3.8) is 0 Å². The van der Waals surface area contributed by atoms with E-state index in [0.29, 0.717) is 18.9 Å². The number of hydrogen-bond donors (Lipinski definition) is 3. The molecule has 8 nitrogen and oxygen atoms in total. The second-order valence-electron chi connectivity index (χ2n) is 6.77. The van der Waals surface area contributed by atoms with E-state index in [1.807, 2.05) is 36.0 Å². The Kier molecular flexibility index (Phi) is 4.34. The van der Waals surface area contributed by atoms with Gasteiger partial charge in [0, 0.05) is 43.6 Å². The number of fused-ring (bicyclic) bond motifs is 1. The molecule has 3 aromatic rings. The van der Waals surface area contributed by atoms with E-state index in [0.717, 1.165) is 29.4 Å². The number of imidazole rings is 1. The first kappa shape index (κ1) is 16.6. The molecular formula is C18H22N6O2. The number of rotatable bonds is 3. The van der Waals surface area contributed by atoms with E-state index in [4.69, 9.17) is 0 Å². The molecule has 2 aromatic heterocycles. The number of aromatic nitrogens is 4. The van der Waals surface area contributed by atoms with Gasteiger partial charge in [-0.25, -0.2) is 9.78 Å². The maximum Gasteiger partial charge on any atom is 0.321 e. The van der Waals surface area contributed by atoms with Gasteiger partial charge < -0.3 is 19.9 Å². The summed E-state index contributed by atoms with van der Waals surface area (Å²) < 4.78 is 1.84. The highest BCUT2D eigenvalue weighted by atomic mass is 16.3. The van der Waals surface area contributed by atoms with E-state index < -0.39 is 6.10 Å². The molecule has 1 aliphatic rings. The van der Waals surface area contributed by atoms with Crippen molar-refractivity contribution in [2.75, 3.05) is 18.4 Å². The Morgan fingerprint density at radius 1 is 1.38 bits per heavy atom. The number of aliphatic hydroxyl groups excluding tert-OH is 1. The van der Waals surface area contributed by atoms with Crippen LogP contribution in [-0.2, 0) is 7.05 Å². The van der Waals surface area contributed by atoms with Crippen molar-refractivity contribution in [2.24, 2.45) is 13.0 Å². The van der Waals surface area contributed by atoms with E-state index in [9.17, 15) is 9.90 Å². The van der Waals surface area contributed by atoms with Crippen LogP contribution >= 0.6 is 0 Å². The molecule has 1 fully saturated rings. The van der Waals surface area contributed by atoms with Crippen LogP contribution in [-0.4, -0.2) is 48.9 Å². The van der Waals surface area contributed by atoms with Gasteiger partial charge in [0.05, 0.1) is 11.7 Å². The second-order valence-corrected chi connectivity index (χ2v) is 6.77. The van der Waals surface area contributed by atoms with E-state index >= 15 is 0 Å². The summed E-state index contributed by atoms with van der Waals surface area (Å²) in [6.45, 7) is 1.23. The van der Waals surface area contributed by atoms with E-state index in [2.05, 4.69) is 20.5 Å². The Morgan fingerprint density at radius 2 is 2.19 bits per heavy atom. The summed E-state index contributed by atoms with van der Waals surface area (Å²) in [5.74, 6) is 0.794. The number of aliphatic hydroxyl groups is 1. The van der Waals surface area contributed by atoms with Crippen LogP contribution in [0, 0.1) is 5.92 Å². The molecule has 1 aromatic carbocycles. The molecule has 0 bridgehead atoms. The third kappa shape index (κ3) is 3.15. The zero-order chi connectivity index (χ0) is 18.1. The fraction of sp³-hybridized carbons (Fsp3) is 0.389. The van der Waals surface area contributed by atoms with Crippen LogP contribution in [0.2, 0.25) is 0 Å². The highest BCUT2D eigenvalue weighted by Crippen LogP contribution is 2.30. The molecular weight excluding hydrogens is 332 g/mol. The van der Waals surface area contributed by atoms with Gasteiger partial charge in [-0.15, -0.1) is 0 Å². The summed E-state index contributed by atoms with van der Waals surface area (Å²) in [4.78, 5) is 18.5. The Balaban J connectivity index is 1.35. The average molecular weight is 354 g/mol. The molecule has 1 unspecified atom stereocenters. The summed E-state index contributed by atoms with van der Waals surface area (Å²) in [7, 11) is 1.88. The second kappa shape index (κ2) is 6.80. The van der Waals surface area contributed by atoms with Gasteiger partial charge in [0.15, 0.2) is 0 Å². The zero-order valence-corrected chi connectivity index (χ0v) is 14.6. The standard InChI is InChI=1S/C18H22N6O2/c1-23-9-6-19-17(23)16(25)12-4-7-24(8-5-12)18(26)21-14-3-2-13-11-20-22-15(13)10-14/h2-3,6,9-12,16,25H,4-5,7-8H2,1H3,(H,20,22)(H,21,26). The maximum absolute atomic E-state index is 12.5. The molecule has 0 radical (unpaired) electrons. The number of piperidine rings is 1. The number of likely N-dealkylation sites (tertiary alicyclic amines) is 1. The Morgan fingerprint density at radius 3 is 2.92 bits per heavy atom. The largest absolute Gasteiger partial charge is 0.385 e. The highest BCUT2D eigenvalue weighted by Gasteiger charge is 2.30. The first-order valence-corrected chi connectivity index (χ1v) is 8.76. The quantitative estimate of drug-likeness (QED) is 0.672.